The largest absolute Gasteiger partial charge is 0.308 e. The van der Waals surface area contributed by atoms with Gasteiger partial charge in [-0.2, -0.15) is 0 Å². The van der Waals surface area contributed by atoms with Gasteiger partial charge >= 0.3 is 0 Å². The molecule has 3 rings (SSSR count). The average Bonchev–Trinajstić information content (AvgIpc) is 2.70. The highest BCUT2D eigenvalue weighted by atomic mass is 16.2. The molecule has 0 radical (unpaired) electrons. The zero-order valence-electron chi connectivity index (χ0n) is 8.23. The maximum absolute atomic E-state index is 11.7. The van der Waals surface area contributed by atoms with Crippen molar-refractivity contribution in [3.05, 3.63) is 29.8 Å². The van der Waals surface area contributed by atoms with E-state index in [1.807, 2.05) is 11.0 Å². The molecule has 1 fully saturated rings. The maximum Gasteiger partial charge on any atom is 0.227 e. The van der Waals surface area contributed by atoms with Crippen LogP contribution in [0, 0.1) is 0 Å². The van der Waals surface area contributed by atoms with Crippen LogP contribution < -0.4 is 4.90 Å². The molecule has 2 atom stereocenters. The van der Waals surface area contributed by atoms with Gasteiger partial charge in [0.1, 0.15) is 0 Å². The minimum Gasteiger partial charge on any atom is -0.308 e. The lowest BCUT2D eigenvalue weighted by Crippen LogP contribution is -2.30. The molecule has 1 amide bonds. The van der Waals surface area contributed by atoms with Crippen LogP contribution in [-0.2, 0) is 4.79 Å². The van der Waals surface area contributed by atoms with Crippen LogP contribution in [-0.4, -0.2) is 11.9 Å². The summed E-state index contributed by atoms with van der Waals surface area (Å²) < 4.78 is 0. The number of hydrogen-bond donors (Lipinski definition) is 0. The smallest absolute Gasteiger partial charge is 0.227 e. The Morgan fingerprint density at radius 3 is 3.00 bits per heavy atom. The summed E-state index contributed by atoms with van der Waals surface area (Å²) in [6, 6.07) is 8.71. The van der Waals surface area contributed by atoms with Crippen molar-refractivity contribution in [2.24, 2.45) is 0 Å². The molecule has 2 aliphatic rings. The molecule has 0 N–H and O–H groups in total. The number of hydrogen-bond acceptors (Lipinski definition) is 1. The van der Waals surface area contributed by atoms with Gasteiger partial charge < -0.3 is 4.90 Å². The molecular weight excluding hydrogens is 174 g/mol. The van der Waals surface area contributed by atoms with E-state index in [0.29, 0.717) is 17.9 Å². The van der Waals surface area contributed by atoms with Gasteiger partial charge in [0.15, 0.2) is 0 Å². The molecule has 0 bridgehead atoms. The van der Waals surface area contributed by atoms with Gasteiger partial charge in [-0.05, 0) is 18.1 Å². The second-order valence-corrected chi connectivity index (χ2v) is 4.22. The van der Waals surface area contributed by atoms with Gasteiger partial charge in [-0.15, -0.1) is 0 Å². The Hall–Kier alpha value is -1.31. The molecule has 1 saturated heterocycles. The molecule has 1 aromatic rings. The fourth-order valence-corrected chi connectivity index (χ4v) is 2.79. The molecule has 0 spiro atoms. The summed E-state index contributed by atoms with van der Waals surface area (Å²) in [5, 5.41) is 0. The van der Waals surface area contributed by atoms with E-state index in [9.17, 15) is 4.79 Å². The first-order valence-corrected chi connectivity index (χ1v) is 5.20. The summed E-state index contributed by atoms with van der Waals surface area (Å²) in [6.45, 7) is 2.22. The standard InChI is InChI=1S/C12H13NO/c1-8-9-4-2-3-5-11(9)13-10(8)6-7-12(13)14/h2-5,8,10H,6-7H2,1H3. The number of anilines is 1. The Kier molecular flexibility index (Phi) is 1.49. The molecule has 2 heterocycles. The lowest BCUT2D eigenvalue weighted by atomic mass is 9.95. The van der Waals surface area contributed by atoms with Crippen molar-refractivity contribution in [3.8, 4) is 0 Å². The van der Waals surface area contributed by atoms with E-state index in [1.54, 1.807) is 0 Å². The van der Waals surface area contributed by atoms with E-state index in [-0.39, 0.29) is 0 Å². The molecule has 2 nitrogen and oxygen atoms in total. The van der Waals surface area contributed by atoms with Gasteiger partial charge in [0.2, 0.25) is 5.91 Å². The normalized spacial score (nSPS) is 29.2. The fourth-order valence-electron chi connectivity index (χ4n) is 2.79. The number of fused-ring (bicyclic) bond motifs is 3. The number of nitrogens with zero attached hydrogens (tertiary/aromatic N) is 1. The summed E-state index contributed by atoms with van der Waals surface area (Å²) in [4.78, 5) is 13.7. The third-order valence-electron chi connectivity index (χ3n) is 3.52. The summed E-state index contributed by atoms with van der Waals surface area (Å²) >= 11 is 0. The van der Waals surface area contributed by atoms with Crippen LogP contribution in [0.4, 0.5) is 5.69 Å². The predicted octanol–water partition coefficient (Wildman–Crippen LogP) is 2.30. The first kappa shape index (κ1) is 8.04. The van der Waals surface area contributed by atoms with Crippen LogP contribution in [0.1, 0.15) is 31.2 Å². The molecular formula is C12H13NO. The average molecular weight is 187 g/mol. The fraction of sp³-hybridized carbons (Fsp3) is 0.417. The van der Waals surface area contributed by atoms with Gasteiger partial charge in [0, 0.05) is 24.1 Å². The minimum absolute atomic E-state index is 0.298. The molecule has 2 aliphatic heterocycles. The van der Waals surface area contributed by atoms with E-state index >= 15 is 0 Å². The Morgan fingerprint density at radius 1 is 1.36 bits per heavy atom. The van der Waals surface area contributed by atoms with Gasteiger partial charge in [0.05, 0.1) is 0 Å². The molecule has 1 aromatic carbocycles. The van der Waals surface area contributed by atoms with Crippen molar-refractivity contribution >= 4 is 11.6 Å². The van der Waals surface area contributed by atoms with Crippen molar-refractivity contribution < 1.29 is 4.79 Å². The highest BCUT2D eigenvalue weighted by Gasteiger charge is 2.42. The first-order chi connectivity index (χ1) is 6.79. The van der Waals surface area contributed by atoms with Crippen molar-refractivity contribution in [1.82, 2.24) is 0 Å². The zero-order chi connectivity index (χ0) is 9.71. The topological polar surface area (TPSA) is 20.3 Å². The monoisotopic (exact) mass is 187 g/mol. The lowest BCUT2D eigenvalue weighted by Gasteiger charge is -2.18. The molecule has 0 saturated carbocycles. The van der Waals surface area contributed by atoms with Gasteiger partial charge in [-0.1, -0.05) is 25.1 Å². The molecule has 0 aliphatic carbocycles. The number of para-hydroxylation sites is 1. The zero-order valence-corrected chi connectivity index (χ0v) is 8.23. The Bertz CT molecular complexity index is 399. The summed E-state index contributed by atoms with van der Waals surface area (Å²) in [5.41, 5.74) is 2.48. The summed E-state index contributed by atoms with van der Waals surface area (Å²) in [5.74, 6) is 0.810. The van der Waals surface area contributed by atoms with Gasteiger partial charge in [-0.25, -0.2) is 0 Å². The number of carbonyl (C=O) groups excluding carboxylic acids is 1. The molecule has 0 aromatic heterocycles. The number of rotatable bonds is 0. The lowest BCUT2D eigenvalue weighted by molar-refractivity contribution is -0.117. The minimum atomic E-state index is 0.298. The first-order valence-electron chi connectivity index (χ1n) is 5.20. The van der Waals surface area contributed by atoms with Crippen molar-refractivity contribution in [2.75, 3.05) is 4.90 Å². The second-order valence-electron chi connectivity index (χ2n) is 4.22. The Morgan fingerprint density at radius 2 is 2.14 bits per heavy atom. The Balaban J connectivity index is 2.17. The SMILES string of the molecule is CC1c2ccccc2N2C(=O)CCC12. The van der Waals surface area contributed by atoms with Gasteiger partial charge in [-0.3, -0.25) is 4.79 Å². The number of carbonyl (C=O) groups is 1. The van der Waals surface area contributed by atoms with Gasteiger partial charge in [0.25, 0.3) is 0 Å². The van der Waals surface area contributed by atoms with Crippen LogP contribution in [0.5, 0.6) is 0 Å². The van der Waals surface area contributed by atoms with Crippen molar-refractivity contribution in [2.45, 2.75) is 31.7 Å². The van der Waals surface area contributed by atoms with E-state index in [2.05, 4.69) is 25.1 Å². The second kappa shape index (κ2) is 2.59. The molecule has 72 valence electrons. The highest BCUT2D eigenvalue weighted by molar-refractivity contribution is 5.99. The van der Waals surface area contributed by atoms with Crippen LogP contribution in [0.25, 0.3) is 0 Å². The summed E-state index contributed by atoms with van der Waals surface area (Å²) in [6.07, 6.45) is 1.75. The van der Waals surface area contributed by atoms with Crippen molar-refractivity contribution in [3.63, 3.8) is 0 Å². The van der Waals surface area contributed by atoms with E-state index < -0.39 is 0 Å². The Labute approximate surface area is 83.5 Å². The van der Waals surface area contributed by atoms with E-state index in [1.165, 1.54) is 5.56 Å². The van der Waals surface area contributed by atoms with Crippen LogP contribution in [0.3, 0.4) is 0 Å². The third kappa shape index (κ3) is 0.834. The summed E-state index contributed by atoms with van der Waals surface area (Å²) in [7, 11) is 0. The quantitative estimate of drug-likeness (QED) is 0.610. The van der Waals surface area contributed by atoms with Crippen LogP contribution in [0.15, 0.2) is 24.3 Å². The molecule has 14 heavy (non-hydrogen) atoms. The molecule has 2 unspecified atom stereocenters. The number of benzene rings is 1. The number of amides is 1. The predicted molar refractivity (Wildman–Crippen MR) is 55.4 cm³/mol. The molecule has 2 heteroatoms. The highest BCUT2D eigenvalue weighted by Crippen LogP contribution is 2.45. The van der Waals surface area contributed by atoms with E-state index in [0.717, 1.165) is 18.5 Å². The van der Waals surface area contributed by atoms with Crippen molar-refractivity contribution in [1.29, 1.82) is 0 Å². The maximum atomic E-state index is 11.7. The van der Waals surface area contributed by atoms with Crippen LogP contribution in [0.2, 0.25) is 0 Å². The van der Waals surface area contributed by atoms with Crippen LogP contribution >= 0.6 is 0 Å². The van der Waals surface area contributed by atoms with E-state index in [4.69, 9.17) is 0 Å². The third-order valence-corrected chi connectivity index (χ3v) is 3.52.